The van der Waals surface area contributed by atoms with Crippen molar-refractivity contribution in [2.45, 2.75) is 13.0 Å². The molecule has 0 saturated heterocycles. The van der Waals surface area contributed by atoms with Crippen molar-refractivity contribution >= 4 is 33.3 Å². The first-order valence-electron chi connectivity index (χ1n) is 6.93. The predicted octanol–water partition coefficient (Wildman–Crippen LogP) is 3.46. The van der Waals surface area contributed by atoms with Crippen molar-refractivity contribution in [3.05, 3.63) is 46.8 Å². The van der Waals surface area contributed by atoms with Crippen molar-refractivity contribution in [2.75, 3.05) is 24.3 Å². The second-order valence-corrected chi connectivity index (χ2v) is 5.98. The zero-order valence-electron chi connectivity index (χ0n) is 13.0. The summed E-state index contributed by atoms with van der Waals surface area (Å²) >= 11 is 3.20. The molecule has 7 heteroatoms. The Kier molecular flexibility index (Phi) is 5.54. The van der Waals surface area contributed by atoms with E-state index < -0.39 is 6.10 Å². The van der Waals surface area contributed by atoms with Crippen LogP contribution in [0.5, 0.6) is 5.75 Å². The molecule has 0 saturated carbocycles. The van der Waals surface area contributed by atoms with Gasteiger partial charge in [0.2, 0.25) is 0 Å². The van der Waals surface area contributed by atoms with E-state index in [1.807, 2.05) is 19.0 Å². The van der Waals surface area contributed by atoms with E-state index in [9.17, 15) is 9.18 Å². The molecule has 5 nitrogen and oxygen atoms in total. The van der Waals surface area contributed by atoms with Gasteiger partial charge in [-0.1, -0.05) is 0 Å². The number of carbonyl (C=O) groups is 1. The molecule has 122 valence electrons. The number of halogens is 2. The van der Waals surface area contributed by atoms with E-state index in [0.29, 0.717) is 15.9 Å². The van der Waals surface area contributed by atoms with Crippen LogP contribution in [0.1, 0.15) is 6.92 Å². The minimum Gasteiger partial charge on any atom is -0.480 e. The molecule has 1 heterocycles. The lowest BCUT2D eigenvalue weighted by Gasteiger charge is -2.16. The van der Waals surface area contributed by atoms with Gasteiger partial charge in [-0.3, -0.25) is 4.79 Å². The van der Waals surface area contributed by atoms with Gasteiger partial charge in [0.25, 0.3) is 5.91 Å². The van der Waals surface area contributed by atoms with Gasteiger partial charge < -0.3 is 15.0 Å². The number of aromatic nitrogens is 1. The van der Waals surface area contributed by atoms with Crippen LogP contribution in [0.3, 0.4) is 0 Å². The molecule has 0 spiro atoms. The zero-order chi connectivity index (χ0) is 17.0. The van der Waals surface area contributed by atoms with Crippen molar-refractivity contribution in [2.24, 2.45) is 0 Å². The monoisotopic (exact) mass is 381 g/mol. The molecule has 0 fully saturated rings. The van der Waals surface area contributed by atoms with E-state index in [0.717, 1.165) is 5.82 Å². The van der Waals surface area contributed by atoms with Crippen LogP contribution in [-0.4, -0.2) is 31.1 Å². The molecule has 0 radical (unpaired) electrons. The Balaban J connectivity index is 1.99. The highest BCUT2D eigenvalue weighted by Gasteiger charge is 2.16. The van der Waals surface area contributed by atoms with Gasteiger partial charge in [0.05, 0.1) is 16.4 Å². The van der Waals surface area contributed by atoms with Crippen molar-refractivity contribution in [1.29, 1.82) is 0 Å². The Morgan fingerprint density at radius 3 is 2.65 bits per heavy atom. The minimum absolute atomic E-state index is 0.319. The first kappa shape index (κ1) is 17.2. The number of hydrogen-bond acceptors (Lipinski definition) is 4. The number of ether oxygens (including phenoxy) is 1. The van der Waals surface area contributed by atoms with Gasteiger partial charge in [-0.2, -0.15) is 0 Å². The second-order valence-electron chi connectivity index (χ2n) is 5.12. The third kappa shape index (κ3) is 4.66. The van der Waals surface area contributed by atoms with Crippen molar-refractivity contribution in [1.82, 2.24) is 4.98 Å². The molecule has 1 atom stereocenters. The van der Waals surface area contributed by atoms with Gasteiger partial charge in [-0.25, -0.2) is 9.37 Å². The van der Waals surface area contributed by atoms with Gasteiger partial charge in [-0.05, 0) is 53.2 Å². The summed E-state index contributed by atoms with van der Waals surface area (Å²) in [6, 6.07) is 7.59. The van der Waals surface area contributed by atoms with Crippen LogP contribution in [-0.2, 0) is 4.79 Å². The Morgan fingerprint density at radius 2 is 2.09 bits per heavy atom. The SMILES string of the molecule is C[C@H](Oc1ccc(F)cc1Br)C(=O)Nc1ccc(N(C)C)nc1. The van der Waals surface area contributed by atoms with Crippen LogP contribution in [0.25, 0.3) is 0 Å². The van der Waals surface area contributed by atoms with Gasteiger partial charge in [0, 0.05) is 14.1 Å². The molecule has 0 aliphatic heterocycles. The molecule has 1 N–H and O–H groups in total. The topological polar surface area (TPSA) is 54.5 Å². The maximum absolute atomic E-state index is 13.0. The molecular formula is C16H17BrFN3O2. The molecule has 2 aromatic rings. The van der Waals surface area contributed by atoms with Crippen LogP contribution in [0.4, 0.5) is 15.9 Å². The summed E-state index contributed by atoms with van der Waals surface area (Å²) in [5.74, 6) is 0.492. The second kappa shape index (κ2) is 7.41. The lowest BCUT2D eigenvalue weighted by molar-refractivity contribution is -0.122. The normalized spacial score (nSPS) is 11.7. The highest BCUT2D eigenvalue weighted by Crippen LogP contribution is 2.26. The minimum atomic E-state index is -0.745. The lowest BCUT2D eigenvalue weighted by Crippen LogP contribution is -2.30. The van der Waals surface area contributed by atoms with Crippen molar-refractivity contribution < 1.29 is 13.9 Å². The van der Waals surface area contributed by atoms with Crippen LogP contribution >= 0.6 is 15.9 Å². The molecule has 1 aromatic heterocycles. The quantitative estimate of drug-likeness (QED) is 0.861. The van der Waals surface area contributed by atoms with Gasteiger partial charge in [0.15, 0.2) is 6.10 Å². The largest absolute Gasteiger partial charge is 0.480 e. The number of nitrogens with zero attached hydrogens (tertiary/aromatic N) is 2. The van der Waals surface area contributed by atoms with E-state index >= 15 is 0 Å². The summed E-state index contributed by atoms with van der Waals surface area (Å²) in [6.45, 7) is 1.62. The Hall–Kier alpha value is -2.15. The van der Waals surface area contributed by atoms with E-state index in [2.05, 4.69) is 26.2 Å². The first-order chi connectivity index (χ1) is 10.9. The predicted molar refractivity (Wildman–Crippen MR) is 91.4 cm³/mol. The lowest BCUT2D eigenvalue weighted by atomic mass is 10.3. The Bertz CT molecular complexity index is 692. The highest BCUT2D eigenvalue weighted by molar-refractivity contribution is 9.10. The van der Waals surface area contributed by atoms with Crippen LogP contribution in [0.15, 0.2) is 41.0 Å². The number of nitrogens with one attached hydrogen (secondary N) is 1. The summed E-state index contributed by atoms with van der Waals surface area (Å²) in [5, 5.41) is 2.72. The molecule has 1 aromatic carbocycles. The van der Waals surface area contributed by atoms with Crippen LogP contribution < -0.4 is 15.0 Å². The summed E-state index contributed by atoms with van der Waals surface area (Å²) in [5.41, 5.74) is 0.578. The van der Waals surface area contributed by atoms with Gasteiger partial charge in [0.1, 0.15) is 17.4 Å². The molecule has 0 aliphatic rings. The maximum Gasteiger partial charge on any atom is 0.265 e. The summed E-state index contributed by atoms with van der Waals surface area (Å²) in [7, 11) is 3.77. The van der Waals surface area contributed by atoms with Gasteiger partial charge in [-0.15, -0.1) is 0 Å². The zero-order valence-corrected chi connectivity index (χ0v) is 14.6. The standard InChI is InChI=1S/C16H17BrFN3O2/c1-10(23-14-6-4-11(18)8-13(14)17)16(22)20-12-5-7-15(19-9-12)21(2)3/h4-10H,1-3H3,(H,20,22)/t10-/m0/s1. The van der Waals surface area contributed by atoms with Crippen LogP contribution in [0.2, 0.25) is 0 Å². The third-order valence-corrected chi connectivity index (χ3v) is 3.66. The number of amides is 1. The smallest absolute Gasteiger partial charge is 0.265 e. The van der Waals surface area contributed by atoms with E-state index in [1.54, 1.807) is 25.3 Å². The Labute approximate surface area is 142 Å². The molecule has 23 heavy (non-hydrogen) atoms. The molecule has 2 rings (SSSR count). The molecule has 0 bridgehead atoms. The molecule has 0 unspecified atom stereocenters. The Morgan fingerprint density at radius 1 is 1.35 bits per heavy atom. The van der Waals surface area contributed by atoms with Crippen molar-refractivity contribution in [3.8, 4) is 5.75 Å². The number of anilines is 2. The number of carbonyl (C=O) groups excluding carboxylic acids is 1. The molecule has 1 amide bonds. The first-order valence-corrected chi connectivity index (χ1v) is 7.72. The fraction of sp³-hybridized carbons (Fsp3) is 0.250. The highest BCUT2D eigenvalue weighted by atomic mass is 79.9. The number of benzene rings is 1. The summed E-state index contributed by atoms with van der Waals surface area (Å²) < 4.78 is 19.0. The van der Waals surface area contributed by atoms with E-state index in [1.165, 1.54) is 18.2 Å². The fourth-order valence-corrected chi connectivity index (χ4v) is 2.23. The molecule has 0 aliphatic carbocycles. The van der Waals surface area contributed by atoms with Gasteiger partial charge >= 0.3 is 0 Å². The summed E-state index contributed by atoms with van der Waals surface area (Å²) in [4.78, 5) is 18.2. The number of pyridine rings is 1. The average Bonchev–Trinajstić information content (AvgIpc) is 2.50. The van der Waals surface area contributed by atoms with E-state index in [-0.39, 0.29) is 11.7 Å². The summed E-state index contributed by atoms with van der Waals surface area (Å²) in [6.07, 6.45) is 0.832. The van der Waals surface area contributed by atoms with Crippen LogP contribution in [0, 0.1) is 5.82 Å². The van der Waals surface area contributed by atoms with E-state index in [4.69, 9.17) is 4.74 Å². The third-order valence-electron chi connectivity index (χ3n) is 3.04. The molecular weight excluding hydrogens is 365 g/mol. The maximum atomic E-state index is 13.0. The fourth-order valence-electron chi connectivity index (χ4n) is 1.78. The average molecular weight is 382 g/mol. The number of rotatable bonds is 5. The number of hydrogen-bond donors (Lipinski definition) is 1. The van der Waals surface area contributed by atoms with Crippen molar-refractivity contribution in [3.63, 3.8) is 0 Å².